The Hall–Kier alpha value is -0.470. The highest BCUT2D eigenvalue weighted by atomic mass is 32.2. The molecule has 1 aliphatic rings. The minimum absolute atomic E-state index is 0.100. The first-order valence-electron chi connectivity index (χ1n) is 6.02. The summed E-state index contributed by atoms with van der Waals surface area (Å²) in [4.78, 5) is 0. The first kappa shape index (κ1) is 12.0. The third-order valence-electron chi connectivity index (χ3n) is 3.60. The van der Waals surface area contributed by atoms with Gasteiger partial charge < -0.3 is 5.73 Å². The van der Waals surface area contributed by atoms with Crippen molar-refractivity contribution in [3.63, 3.8) is 0 Å². The van der Waals surface area contributed by atoms with E-state index in [4.69, 9.17) is 5.73 Å². The summed E-state index contributed by atoms with van der Waals surface area (Å²) in [6.07, 6.45) is 1.34. The molecule has 1 atom stereocenters. The molecular formula is C14H21NS. The third kappa shape index (κ3) is 2.44. The lowest BCUT2D eigenvalue weighted by atomic mass is 9.83. The summed E-state index contributed by atoms with van der Waals surface area (Å²) in [7, 11) is 0. The van der Waals surface area contributed by atoms with Crippen LogP contribution in [0.1, 0.15) is 37.3 Å². The van der Waals surface area contributed by atoms with Crippen molar-refractivity contribution in [3.8, 4) is 0 Å². The van der Waals surface area contributed by atoms with Crippen molar-refractivity contribution >= 4 is 11.8 Å². The summed E-state index contributed by atoms with van der Waals surface area (Å²) in [6, 6.07) is 9.10. The quantitative estimate of drug-likeness (QED) is 0.871. The van der Waals surface area contributed by atoms with Gasteiger partial charge in [-0.1, -0.05) is 38.1 Å². The maximum atomic E-state index is 5.80. The Kier molecular flexibility index (Phi) is 3.60. The lowest BCUT2D eigenvalue weighted by molar-refractivity contribution is 0.538. The van der Waals surface area contributed by atoms with Crippen LogP contribution < -0.4 is 5.73 Å². The molecule has 1 heterocycles. The summed E-state index contributed by atoms with van der Waals surface area (Å²) < 4.78 is 0. The molecule has 2 heteroatoms. The van der Waals surface area contributed by atoms with E-state index in [1.165, 1.54) is 29.1 Å². The second-order valence-corrected chi connectivity index (χ2v) is 6.42. The minimum atomic E-state index is 0.100. The molecule has 0 aromatic heterocycles. The van der Waals surface area contributed by atoms with Gasteiger partial charge in [0.15, 0.2) is 0 Å². The standard InChI is InChI=1S/C14H21NS/c1-14(2,10-15)13-5-3-11(4-6-13)12-7-8-16-9-12/h3-6,12H,7-10,15H2,1-2H3. The monoisotopic (exact) mass is 235 g/mol. The summed E-state index contributed by atoms with van der Waals surface area (Å²) in [5.74, 6) is 3.39. The highest BCUT2D eigenvalue weighted by Crippen LogP contribution is 2.33. The number of thioether (sulfide) groups is 1. The van der Waals surface area contributed by atoms with Crippen LogP contribution in [0.3, 0.4) is 0 Å². The molecule has 2 N–H and O–H groups in total. The predicted molar refractivity (Wildman–Crippen MR) is 73.2 cm³/mol. The maximum absolute atomic E-state index is 5.80. The van der Waals surface area contributed by atoms with Crippen LogP contribution in [-0.2, 0) is 5.41 Å². The molecule has 0 spiro atoms. The van der Waals surface area contributed by atoms with Gasteiger partial charge in [-0.2, -0.15) is 11.8 Å². The van der Waals surface area contributed by atoms with Crippen LogP contribution >= 0.6 is 11.8 Å². The average molecular weight is 235 g/mol. The molecule has 1 nitrogen and oxygen atoms in total. The molecule has 1 saturated heterocycles. The fraction of sp³-hybridized carbons (Fsp3) is 0.571. The van der Waals surface area contributed by atoms with Gasteiger partial charge in [0.25, 0.3) is 0 Å². The maximum Gasteiger partial charge on any atom is 0.00190 e. The highest BCUT2D eigenvalue weighted by molar-refractivity contribution is 7.99. The van der Waals surface area contributed by atoms with E-state index in [2.05, 4.69) is 49.9 Å². The number of hydrogen-bond donors (Lipinski definition) is 1. The fourth-order valence-corrected chi connectivity index (χ4v) is 3.38. The van der Waals surface area contributed by atoms with Crippen LogP contribution in [0, 0.1) is 0 Å². The van der Waals surface area contributed by atoms with Crippen LogP contribution in [-0.4, -0.2) is 18.1 Å². The Morgan fingerprint density at radius 1 is 1.31 bits per heavy atom. The van der Waals surface area contributed by atoms with Crippen molar-refractivity contribution in [1.29, 1.82) is 0 Å². The molecular weight excluding hydrogens is 214 g/mol. The van der Waals surface area contributed by atoms with Gasteiger partial charge >= 0.3 is 0 Å². The van der Waals surface area contributed by atoms with E-state index < -0.39 is 0 Å². The van der Waals surface area contributed by atoms with Crippen molar-refractivity contribution < 1.29 is 0 Å². The van der Waals surface area contributed by atoms with Gasteiger partial charge in [0.05, 0.1) is 0 Å². The van der Waals surface area contributed by atoms with Crippen molar-refractivity contribution in [2.24, 2.45) is 5.73 Å². The first-order chi connectivity index (χ1) is 7.63. The average Bonchev–Trinajstić information content (AvgIpc) is 2.83. The van der Waals surface area contributed by atoms with E-state index in [1.54, 1.807) is 0 Å². The fourth-order valence-electron chi connectivity index (χ4n) is 2.12. The van der Waals surface area contributed by atoms with Crippen LogP contribution in [0.15, 0.2) is 24.3 Å². The van der Waals surface area contributed by atoms with E-state index in [0.29, 0.717) is 6.54 Å². The SMILES string of the molecule is CC(C)(CN)c1ccc(C2CCSC2)cc1. The van der Waals surface area contributed by atoms with E-state index >= 15 is 0 Å². The Balaban J connectivity index is 2.15. The van der Waals surface area contributed by atoms with Gasteiger partial charge in [0, 0.05) is 17.7 Å². The second kappa shape index (κ2) is 4.80. The molecule has 16 heavy (non-hydrogen) atoms. The molecule has 1 aromatic carbocycles. The van der Waals surface area contributed by atoms with Gasteiger partial charge in [0.2, 0.25) is 0 Å². The van der Waals surface area contributed by atoms with Crippen molar-refractivity contribution in [2.45, 2.75) is 31.6 Å². The van der Waals surface area contributed by atoms with Gasteiger partial charge in [-0.05, 0) is 29.2 Å². The molecule has 0 radical (unpaired) electrons. The number of rotatable bonds is 3. The van der Waals surface area contributed by atoms with Crippen LogP contribution in [0.5, 0.6) is 0 Å². The second-order valence-electron chi connectivity index (χ2n) is 5.27. The lowest BCUT2D eigenvalue weighted by Crippen LogP contribution is -2.27. The first-order valence-corrected chi connectivity index (χ1v) is 7.17. The third-order valence-corrected chi connectivity index (χ3v) is 4.77. The molecule has 1 aliphatic heterocycles. The van der Waals surface area contributed by atoms with Crippen molar-refractivity contribution in [3.05, 3.63) is 35.4 Å². The van der Waals surface area contributed by atoms with Gasteiger partial charge in [-0.25, -0.2) is 0 Å². The van der Waals surface area contributed by atoms with E-state index in [-0.39, 0.29) is 5.41 Å². The number of hydrogen-bond acceptors (Lipinski definition) is 2. The molecule has 1 fully saturated rings. The zero-order valence-corrected chi connectivity index (χ0v) is 11.0. The molecule has 1 unspecified atom stereocenters. The van der Waals surface area contributed by atoms with E-state index in [0.717, 1.165) is 5.92 Å². The van der Waals surface area contributed by atoms with Gasteiger partial charge in [-0.3, -0.25) is 0 Å². The Labute approximate surface area is 103 Å². The largest absolute Gasteiger partial charge is 0.330 e. The topological polar surface area (TPSA) is 26.0 Å². The number of benzene rings is 1. The van der Waals surface area contributed by atoms with E-state index in [9.17, 15) is 0 Å². The Morgan fingerprint density at radius 2 is 2.00 bits per heavy atom. The lowest BCUT2D eigenvalue weighted by Gasteiger charge is -2.23. The van der Waals surface area contributed by atoms with Crippen LogP contribution in [0.4, 0.5) is 0 Å². The summed E-state index contributed by atoms with van der Waals surface area (Å²) in [5.41, 5.74) is 8.75. The van der Waals surface area contributed by atoms with Gasteiger partial charge in [-0.15, -0.1) is 0 Å². The smallest absolute Gasteiger partial charge is 0.00190 e. The molecule has 0 saturated carbocycles. The Bertz CT molecular complexity index is 336. The highest BCUT2D eigenvalue weighted by Gasteiger charge is 2.20. The zero-order chi connectivity index (χ0) is 11.6. The van der Waals surface area contributed by atoms with Crippen LogP contribution in [0.2, 0.25) is 0 Å². The van der Waals surface area contributed by atoms with Crippen molar-refractivity contribution in [1.82, 2.24) is 0 Å². The summed E-state index contributed by atoms with van der Waals surface area (Å²) in [5, 5.41) is 0. The molecule has 0 aliphatic carbocycles. The Morgan fingerprint density at radius 3 is 2.50 bits per heavy atom. The molecule has 0 amide bonds. The van der Waals surface area contributed by atoms with Gasteiger partial charge in [0.1, 0.15) is 0 Å². The predicted octanol–water partition coefficient (Wildman–Crippen LogP) is 3.14. The molecule has 2 rings (SSSR count). The van der Waals surface area contributed by atoms with Crippen molar-refractivity contribution in [2.75, 3.05) is 18.1 Å². The molecule has 88 valence electrons. The minimum Gasteiger partial charge on any atom is -0.330 e. The zero-order valence-electron chi connectivity index (χ0n) is 10.2. The number of nitrogens with two attached hydrogens (primary N) is 1. The molecule has 1 aromatic rings. The summed E-state index contributed by atoms with van der Waals surface area (Å²) >= 11 is 2.07. The molecule has 0 bridgehead atoms. The van der Waals surface area contributed by atoms with E-state index in [1.807, 2.05) is 0 Å². The normalized spacial score (nSPS) is 21.3. The van der Waals surface area contributed by atoms with Crippen LogP contribution in [0.25, 0.3) is 0 Å². The summed E-state index contributed by atoms with van der Waals surface area (Å²) in [6.45, 7) is 5.10.